The number of halogens is 3. The lowest BCUT2D eigenvalue weighted by Gasteiger charge is -2.17. The highest BCUT2D eigenvalue weighted by molar-refractivity contribution is 6.41. The third-order valence-electron chi connectivity index (χ3n) is 4.11. The molecule has 2 aromatic carbocycles. The van der Waals surface area contributed by atoms with Gasteiger partial charge in [-0.25, -0.2) is 4.90 Å². The van der Waals surface area contributed by atoms with E-state index in [2.05, 4.69) is 5.16 Å². The summed E-state index contributed by atoms with van der Waals surface area (Å²) in [5, 5.41) is 4.94. The Morgan fingerprint density at radius 2 is 1.72 bits per heavy atom. The van der Waals surface area contributed by atoms with E-state index in [4.69, 9.17) is 39.6 Å². The molecule has 0 bridgehead atoms. The molecule has 25 heavy (non-hydrogen) atoms. The standard InChI is InChI=1S/C17H9Cl3N2O3/c18-8-5-6-11(20)12(7-8)22-16(23)13-14(21-25-15(13)17(22)24)9-3-1-2-4-10(9)19/h1-7,13,15H. The van der Waals surface area contributed by atoms with E-state index in [0.717, 1.165) is 4.90 Å². The van der Waals surface area contributed by atoms with Crippen molar-refractivity contribution in [3.63, 3.8) is 0 Å². The molecule has 2 aromatic rings. The molecule has 1 saturated heterocycles. The number of carbonyl (C=O) groups excluding carboxylic acids is 2. The number of nitrogens with zero attached hydrogens (tertiary/aromatic N) is 2. The van der Waals surface area contributed by atoms with E-state index in [1.165, 1.54) is 12.1 Å². The molecule has 5 nitrogen and oxygen atoms in total. The first-order valence-electron chi connectivity index (χ1n) is 7.30. The summed E-state index contributed by atoms with van der Waals surface area (Å²) in [6.07, 6.45) is -1.03. The molecular formula is C17H9Cl3N2O3. The van der Waals surface area contributed by atoms with Gasteiger partial charge in [0.25, 0.3) is 5.91 Å². The summed E-state index contributed by atoms with van der Waals surface area (Å²) in [6, 6.07) is 11.5. The van der Waals surface area contributed by atoms with E-state index in [1.54, 1.807) is 30.3 Å². The number of benzene rings is 2. The number of rotatable bonds is 2. The highest BCUT2D eigenvalue weighted by atomic mass is 35.5. The zero-order valence-corrected chi connectivity index (χ0v) is 14.7. The van der Waals surface area contributed by atoms with Crippen molar-refractivity contribution in [3.05, 3.63) is 63.1 Å². The van der Waals surface area contributed by atoms with Gasteiger partial charge in [-0.1, -0.05) is 58.2 Å². The van der Waals surface area contributed by atoms with Crippen LogP contribution in [0.1, 0.15) is 5.56 Å². The van der Waals surface area contributed by atoms with Crippen molar-refractivity contribution in [2.24, 2.45) is 11.1 Å². The van der Waals surface area contributed by atoms with Gasteiger partial charge >= 0.3 is 0 Å². The molecule has 2 aliphatic rings. The maximum Gasteiger partial charge on any atom is 0.279 e. The van der Waals surface area contributed by atoms with Crippen LogP contribution in [-0.4, -0.2) is 23.6 Å². The van der Waals surface area contributed by atoms with Gasteiger partial charge in [0, 0.05) is 15.6 Å². The molecule has 2 amide bonds. The minimum absolute atomic E-state index is 0.223. The van der Waals surface area contributed by atoms with Crippen LogP contribution in [-0.2, 0) is 14.4 Å². The van der Waals surface area contributed by atoms with Crippen LogP contribution in [0.15, 0.2) is 47.6 Å². The maximum absolute atomic E-state index is 13.0. The van der Waals surface area contributed by atoms with Crippen molar-refractivity contribution >= 4 is 58.0 Å². The van der Waals surface area contributed by atoms with Crippen LogP contribution in [0, 0.1) is 5.92 Å². The summed E-state index contributed by atoms with van der Waals surface area (Å²) in [7, 11) is 0. The van der Waals surface area contributed by atoms with Crippen LogP contribution in [0.5, 0.6) is 0 Å². The molecule has 0 aromatic heterocycles. The normalized spacial score (nSPS) is 22.0. The Kier molecular flexibility index (Phi) is 3.95. The average Bonchev–Trinajstić information content (AvgIpc) is 3.12. The second-order valence-corrected chi connectivity index (χ2v) is 6.82. The number of amides is 2. The SMILES string of the molecule is O=C1C2ON=C(c3ccccc3Cl)C2C(=O)N1c1cc(Cl)ccc1Cl. The zero-order valence-electron chi connectivity index (χ0n) is 12.4. The molecule has 2 heterocycles. The van der Waals surface area contributed by atoms with Gasteiger partial charge in [0.1, 0.15) is 11.6 Å². The van der Waals surface area contributed by atoms with Crippen molar-refractivity contribution in [2.75, 3.05) is 4.90 Å². The first kappa shape index (κ1) is 16.4. The van der Waals surface area contributed by atoms with Crippen molar-refractivity contribution < 1.29 is 14.4 Å². The predicted molar refractivity (Wildman–Crippen MR) is 95.3 cm³/mol. The van der Waals surface area contributed by atoms with Crippen molar-refractivity contribution in [3.8, 4) is 0 Å². The molecule has 0 spiro atoms. The smallest absolute Gasteiger partial charge is 0.279 e. The van der Waals surface area contributed by atoms with E-state index < -0.39 is 23.8 Å². The monoisotopic (exact) mass is 394 g/mol. The summed E-state index contributed by atoms with van der Waals surface area (Å²) in [5.74, 6) is -1.89. The Balaban J connectivity index is 1.77. The quantitative estimate of drug-likeness (QED) is 0.724. The van der Waals surface area contributed by atoms with E-state index in [-0.39, 0.29) is 10.7 Å². The van der Waals surface area contributed by atoms with Gasteiger partial charge in [-0.05, 0) is 24.3 Å². The first-order chi connectivity index (χ1) is 12.0. The van der Waals surface area contributed by atoms with Crippen LogP contribution in [0.3, 0.4) is 0 Å². The van der Waals surface area contributed by atoms with Gasteiger partial charge < -0.3 is 4.84 Å². The van der Waals surface area contributed by atoms with Crippen LogP contribution in [0.2, 0.25) is 15.1 Å². The van der Waals surface area contributed by atoms with Gasteiger partial charge in [-0.2, -0.15) is 0 Å². The lowest BCUT2D eigenvalue weighted by atomic mass is 9.94. The Labute approximate surface area is 157 Å². The third-order valence-corrected chi connectivity index (χ3v) is 5.00. The zero-order chi connectivity index (χ0) is 17.7. The molecule has 0 aliphatic carbocycles. The van der Waals surface area contributed by atoms with Gasteiger partial charge in [-0.15, -0.1) is 0 Å². The van der Waals surface area contributed by atoms with Crippen molar-refractivity contribution in [2.45, 2.75) is 6.10 Å². The van der Waals surface area contributed by atoms with Gasteiger partial charge in [0.05, 0.1) is 10.7 Å². The number of carbonyl (C=O) groups is 2. The van der Waals surface area contributed by atoms with Crippen molar-refractivity contribution in [1.29, 1.82) is 0 Å². The van der Waals surface area contributed by atoms with Crippen LogP contribution < -0.4 is 4.90 Å². The van der Waals surface area contributed by atoms with Gasteiger partial charge in [0.2, 0.25) is 12.0 Å². The molecule has 1 fully saturated rings. The second kappa shape index (κ2) is 6.02. The summed E-state index contributed by atoms with van der Waals surface area (Å²) < 4.78 is 0. The molecule has 126 valence electrons. The highest BCUT2D eigenvalue weighted by Gasteiger charge is 2.56. The Bertz CT molecular complexity index is 944. The van der Waals surface area contributed by atoms with Crippen LogP contribution >= 0.6 is 34.8 Å². The molecule has 2 aliphatic heterocycles. The predicted octanol–water partition coefficient (Wildman–Crippen LogP) is 3.94. The van der Waals surface area contributed by atoms with Gasteiger partial charge in [-0.3, -0.25) is 9.59 Å². The fourth-order valence-corrected chi connectivity index (χ4v) is 3.56. The third kappa shape index (κ3) is 2.51. The molecular weight excluding hydrogens is 387 g/mol. The Morgan fingerprint density at radius 3 is 2.48 bits per heavy atom. The lowest BCUT2D eigenvalue weighted by molar-refractivity contribution is -0.126. The number of hydrogen-bond acceptors (Lipinski definition) is 4. The number of anilines is 1. The molecule has 8 heteroatoms. The number of fused-ring (bicyclic) bond motifs is 1. The molecule has 2 unspecified atom stereocenters. The molecule has 0 radical (unpaired) electrons. The fraction of sp³-hybridized carbons (Fsp3) is 0.118. The number of hydrogen-bond donors (Lipinski definition) is 0. The highest BCUT2D eigenvalue weighted by Crippen LogP contribution is 2.39. The Hall–Kier alpha value is -2.08. The second-order valence-electron chi connectivity index (χ2n) is 5.57. The minimum Gasteiger partial charge on any atom is -0.381 e. The molecule has 0 saturated carbocycles. The maximum atomic E-state index is 13.0. The topological polar surface area (TPSA) is 59.0 Å². The molecule has 4 rings (SSSR count). The van der Waals surface area contributed by atoms with E-state index in [1.807, 2.05) is 0 Å². The average molecular weight is 396 g/mol. The molecule has 2 atom stereocenters. The minimum atomic E-state index is -1.03. The number of oxime groups is 1. The Morgan fingerprint density at radius 1 is 0.960 bits per heavy atom. The summed E-state index contributed by atoms with van der Waals surface area (Å²) in [5.41, 5.74) is 1.10. The van der Waals surface area contributed by atoms with E-state index >= 15 is 0 Å². The van der Waals surface area contributed by atoms with Crippen LogP contribution in [0.4, 0.5) is 5.69 Å². The number of imide groups is 1. The summed E-state index contributed by atoms with van der Waals surface area (Å²) >= 11 is 18.3. The largest absolute Gasteiger partial charge is 0.381 e. The lowest BCUT2D eigenvalue weighted by Crippen LogP contribution is -2.33. The van der Waals surface area contributed by atoms with Gasteiger partial charge in [0.15, 0.2) is 0 Å². The summed E-state index contributed by atoms with van der Waals surface area (Å²) in [6.45, 7) is 0. The van der Waals surface area contributed by atoms with E-state index in [9.17, 15) is 9.59 Å². The van der Waals surface area contributed by atoms with Crippen LogP contribution in [0.25, 0.3) is 0 Å². The van der Waals surface area contributed by atoms with E-state index in [0.29, 0.717) is 21.3 Å². The van der Waals surface area contributed by atoms with Crippen molar-refractivity contribution in [1.82, 2.24) is 0 Å². The summed E-state index contributed by atoms with van der Waals surface area (Å²) in [4.78, 5) is 31.9. The molecule has 0 N–H and O–H groups in total. The fourth-order valence-electron chi connectivity index (χ4n) is 2.96. The first-order valence-corrected chi connectivity index (χ1v) is 8.44.